The van der Waals surface area contributed by atoms with Gasteiger partial charge >= 0.3 is 0 Å². The molecule has 0 saturated carbocycles. The van der Waals surface area contributed by atoms with Crippen LogP contribution in [0, 0.1) is 0 Å². The molecule has 1 aliphatic rings. The second-order valence-electron chi connectivity index (χ2n) is 4.83. The summed E-state index contributed by atoms with van der Waals surface area (Å²) in [5.41, 5.74) is 1.14. The second kappa shape index (κ2) is 5.57. The van der Waals surface area contributed by atoms with Gasteiger partial charge in [0.15, 0.2) is 0 Å². The molecule has 0 spiro atoms. The topological polar surface area (TPSA) is 16.1 Å². The van der Waals surface area contributed by atoms with E-state index in [-0.39, 0.29) is 0 Å². The van der Waals surface area contributed by atoms with Gasteiger partial charge in [0.2, 0.25) is 0 Å². The normalized spacial score (nSPS) is 19.8. The highest BCUT2D eigenvalue weighted by atomic mass is 79.9. The Labute approximate surface area is 120 Å². The molecule has 0 radical (unpaired) electrons. The van der Waals surface area contributed by atoms with Crippen molar-refractivity contribution in [1.82, 2.24) is 4.37 Å². The van der Waals surface area contributed by atoms with Crippen molar-refractivity contribution in [2.24, 2.45) is 0 Å². The summed E-state index contributed by atoms with van der Waals surface area (Å²) in [6.45, 7) is 1.19. The number of halogens is 1. The van der Waals surface area contributed by atoms with Crippen LogP contribution in [0.5, 0.6) is 0 Å². The number of hydrogen-bond acceptors (Lipinski definition) is 3. The summed E-state index contributed by atoms with van der Waals surface area (Å²) in [6.07, 6.45) is 5.20. The van der Waals surface area contributed by atoms with Gasteiger partial charge in [-0.05, 0) is 49.3 Å². The van der Waals surface area contributed by atoms with Gasteiger partial charge in [0.1, 0.15) is 5.00 Å². The molecule has 1 aromatic heterocycles. The fourth-order valence-electron chi connectivity index (χ4n) is 2.80. The number of nitrogens with zero attached hydrogens (tertiary/aromatic N) is 2. The number of hydrogen-bond donors (Lipinski definition) is 0. The van der Waals surface area contributed by atoms with Crippen molar-refractivity contribution in [3.05, 3.63) is 24.3 Å². The molecule has 0 N–H and O–H groups in total. The monoisotopic (exact) mass is 324 g/mol. The molecule has 1 aromatic carbocycles. The van der Waals surface area contributed by atoms with Crippen molar-refractivity contribution in [3.63, 3.8) is 0 Å². The Balaban J connectivity index is 1.88. The summed E-state index contributed by atoms with van der Waals surface area (Å²) in [6, 6.07) is 9.21. The average Bonchev–Trinajstić information content (AvgIpc) is 3.02. The number of aromatic nitrogens is 1. The van der Waals surface area contributed by atoms with Crippen LogP contribution < -0.4 is 4.90 Å². The standard InChI is InChI=1S/C14H17BrN2S/c15-9-3-5-11-6-4-10-17(11)14-12-7-1-2-8-13(12)16-18-14/h1-2,7-8,11H,3-6,9-10H2. The number of alkyl halides is 1. The SMILES string of the molecule is BrCCCC1CCCN1c1snc2ccccc12. The van der Waals surface area contributed by atoms with Crippen molar-refractivity contribution >= 4 is 43.4 Å². The van der Waals surface area contributed by atoms with Crippen LogP contribution in [-0.2, 0) is 0 Å². The molecule has 0 aliphatic carbocycles. The maximum absolute atomic E-state index is 4.57. The van der Waals surface area contributed by atoms with E-state index in [1.54, 1.807) is 11.5 Å². The van der Waals surface area contributed by atoms with Crippen LogP contribution in [0.25, 0.3) is 10.9 Å². The van der Waals surface area contributed by atoms with Crippen molar-refractivity contribution < 1.29 is 0 Å². The number of rotatable bonds is 4. The van der Waals surface area contributed by atoms with Crippen molar-refractivity contribution in [3.8, 4) is 0 Å². The van der Waals surface area contributed by atoms with Gasteiger partial charge in [0.05, 0.1) is 5.52 Å². The lowest BCUT2D eigenvalue weighted by Crippen LogP contribution is -2.28. The summed E-state index contributed by atoms with van der Waals surface area (Å²) < 4.78 is 4.57. The van der Waals surface area contributed by atoms with Crippen LogP contribution in [0.3, 0.4) is 0 Å². The van der Waals surface area contributed by atoms with E-state index < -0.39 is 0 Å². The molecule has 1 atom stereocenters. The summed E-state index contributed by atoms with van der Waals surface area (Å²) in [5.74, 6) is 0. The minimum absolute atomic E-state index is 0.714. The highest BCUT2D eigenvalue weighted by molar-refractivity contribution is 9.09. The predicted octanol–water partition coefficient (Wildman–Crippen LogP) is 4.44. The first-order valence-corrected chi connectivity index (χ1v) is 8.46. The minimum Gasteiger partial charge on any atom is -0.359 e. The molecule has 2 nitrogen and oxygen atoms in total. The van der Waals surface area contributed by atoms with Gasteiger partial charge in [0.25, 0.3) is 0 Å². The van der Waals surface area contributed by atoms with E-state index in [0.717, 1.165) is 10.8 Å². The first kappa shape index (κ1) is 12.4. The van der Waals surface area contributed by atoms with Crippen LogP contribution in [0.2, 0.25) is 0 Å². The summed E-state index contributed by atoms with van der Waals surface area (Å²) in [4.78, 5) is 2.59. The summed E-state index contributed by atoms with van der Waals surface area (Å²) in [5, 5.41) is 3.82. The molecule has 1 aliphatic heterocycles. The van der Waals surface area contributed by atoms with Crippen LogP contribution in [0.1, 0.15) is 25.7 Å². The lowest BCUT2D eigenvalue weighted by molar-refractivity contribution is 0.607. The molecule has 1 fully saturated rings. The first-order chi connectivity index (χ1) is 8.90. The van der Waals surface area contributed by atoms with Gasteiger partial charge in [-0.25, -0.2) is 0 Å². The third kappa shape index (κ3) is 2.28. The smallest absolute Gasteiger partial charge is 0.120 e. The molecule has 3 rings (SSSR count). The molecule has 4 heteroatoms. The predicted molar refractivity (Wildman–Crippen MR) is 83.0 cm³/mol. The van der Waals surface area contributed by atoms with Crippen LogP contribution >= 0.6 is 27.5 Å². The van der Waals surface area contributed by atoms with Crippen LogP contribution in [-0.4, -0.2) is 22.3 Å². The van der Waals surface area contributed by atoms with Crippen LogP contribution in [0.15, 0.2) is 24.3 Å². The number of benzene rings is 1. The molecule has 1 unspecified atom stereocenters. The van der Waals surface area contributed by atoms with E-state index in [1.165, 1.54) is 42.6 Å². The molecule has 0 bridgehead atoms. The molecule has 2 aromatic rings. The van der Waals surface area contributed by atoms with E-state index in [2.05, 4.69) is 49.5 Å². The third-order valence-electron chi connectivity index (χ3n) is 3.67. The van der Waals surface area contributed by atoms with Gasteiger partial charge in [-0.3, -0.25) is 0 Å². The van der Waals surface area contributed by atoms with Gasteiger partial charge in [0, 0.05) is 23.3 Å². The Hall–Kier alpha value is -0.610. The average molecular weight is 325 g/mol. The zero-order valence-corrected chi connectivity index (χ0v) is 12.7. The third-order valence-corrected chi connectivity index (χ3v) is 5.15. The first-order valence-electron chi connectivity index (χ1n) is 6.57. The maximum atomic E-state index is 4.57. The molecule has 1 saturated heterocycles. The van der Waals surface area contributed by atoms with Gasteiger partial charge in [-0.2, -0.15) is 4.37 Å². The van der Waals surface area contributed by atoms with E-state index in [1.807, 2.05) is 0 Å². The van der Waals surface area contributed by atoms with Gasteiger partial charge in [-0.1, -0.05) is 28.1 Å². The largest absolute Gasteiger partial charge is 0.359 e. The van der Waals surface area contributed by atoms with Gasteiger partial charge < -0.3 is 4.90 Å². The lowest BCUT2D eigenvalue weighted by atomic mass is 10.1. The Morgan fingerprint density at radius 1 is 1.39 bits per heavy atom. The van der Waals surface area contributed by atoms with Crippen molar-refractivity contribution in [2.75, 3.05) is 16.8 Å². The highest BCUT2D eigenvalue weighted by Gasteiger charge is 2.26. The fraction of sp³-hybridized carbons (Fsp3) is 0.500. The second-order valence-corrected chi connectivity index (χ2v) is 6.37. The molecule has 18 heavy (non-hydrogen) atoms. The Kier molecular flexibility index (Phi) is 3.85. The molecule has 2 heterocycles. The summed E-state index contributed by atoms with van der Waals surface area (Å²) in [7, 11) is 0. The summed E-state index contributed by atoms with van der Waals surface area (Å²) >= 11 is 5.20. The molecule has 96 valence electrons. The van der Waals surface area contributed by atoms with Crippen LogP contribution in [0.4, 0.5) is 5.00 Å². The van der Waals surface area contributed by atoms with E-state index in [9.17, 15) is 0 Å². The Morgan fingerprint density at radius 2 is 2.28 bits per heavy atom. The van der Waals surface area contributed by atoms with E-state index in [0.29, 0.717) is 6.04 Å². The Morgan fingerprint density at radius 3 is 3.17 bits per heavy atom. The number of anilines is 1. The zero-order valence-electron chi connectivity index (χ0n) is 10.3. The van der Waals surface area contributed by atoms with E-state index >= 15 is 0 Å². The molecular weight excluding hydrogens is 308 g/mol. The minimum atomic E-state index is 0.714. The lowest BCUT2D eigenvalue weighted by Gasteiger charge is -2.25. The molecule has 0 amide bonds. The van der Waals surface area contributed by atoms with Gasteiger partial charge in [-0.15, -0.1) is 0 Å². The number of fused-ring (bicyclic) bond motifs is 1. The highest BCUT2D eigenvalue weighted by Crippen LogP contribution is 2.36. The Bertz CT molecular complexity index is 525. The van der Waals surface area contributed by atoms with Crippen molar-refractivity contribution in [2.45, 2.75) is 31.7 Å². The fourth-order valence-corrected chi connectivity index (χ4v) is 4.08. The zero-order chi connectivity index (χ0) is 12.4. The maximum Gasteiger partial charge on any atom is 0.120 e. The molecular formula is C14H17BrN2S. The van der Waals surface area contributed by atoms with Crippen molar-refractivity contribution in [1.29, 1.82) is 0 Å². The van der Waals surface area contributed by atoms with E-state index in [4.69, 9.17) is 0 Å². The quantitative estimate of drug-likeness (QED) is 0.773.